The van der Waals surface area contributed by atoms with E-state index in [-0.39, 0.29) is 38.8 Å². The highest BCUT2D eigenvalue weighted by Gasteiger charge is 2.62. The van der Waals surface area contributed by atoms with Gasteiger partial charge < -0.3 is 14.6 Å². The molecule has 2 aliphatic carbocycles. The van der Waals surface area contributed by atoms with Gasteiger partial charge in [0.2, 0.25) is 0 Å². The van der Waals surface area contributed by atoms with E-state index in [0.717, 1.165) is 24.1 Å². The second kappa shape index (κ2) is 10.7. The molecule has 1 N–H and O–H groups in total. The number of halogens is 2. The summed E-state index contributed by atoms with van der Waals surface area (Å²) in [5, 5.41) is 0.656. The molecule has 0 saturated heterocycles. The van der Waals surface area contributed by atoms with E-state index in [1.165, 1.54) is 17.4 Å². The summed E-state index contributed by atoms with van der Waals surface area (Å²) >= 11 is 13.0. The van der Waals surface area contributed by atoms with Crippen LogP contribution in [0, 0.1) is 5.41 Å². The van der Waals surface area contributed by atoms with E-state index in [2.05, 4.69) is 22.5 Å². The van der Waals surface area contributed by atoms with Crippen LogP contribution in [0.5, 0.6) is 0 Å². The summed E-state index contributed by atoms with van der Waals surface area (Å²) in [5.41, 5.74) is 2.92. The van der Waals surface area contributed by atoms with Crippen LogP contribution in [0.3, 0.4) is 0 Å². The molecule has 0 bridgehead atoms. The summed E-state index contributed by atoms with van der Waals surface area (Å²) in [5.74, 6) is -0.632. The highest BCUT2D eigenvalue weighted by molar-refractivity contribution is 6.43. The molecule has 0 radical (unpaired) electrons. The smallest absolute Gasteiger partial charge is 0.356 e. The van der Waals surface area contributed by atoms with Crippen molar-refractivity contribution in [2.75, 3.05) is 13.7 Å². The topological polar surface area (TPSA) is 67.3 Å². The maximum atomic E-state index is 13.5. The quantitative estimate of drug-likeness (QED) is 0.304. The van der Waals surface area contributed by atoms with Gasteiger partial charge in [-0.25, -0.2) is 4.79 Å². The minimum Gasteiger partial charge on any atom is -0.461 e. The molecule has 0 atom stereocenters. The van der Waals surface area contributed by atoms with Gasteiger partial charge in [0.15, 0.2) is 0 Å². The lowest BCUT2D eigenvalue weighted by atomic mass is 9.55. The molecule has 5 rings (SSSR count). The number of hydrogen-bond acceptors (Lipinski definition) is 4. The zero-order chi connectivity index (χ0) is 27.8. The number of allylic oxidation sites excluding steroid dienone is 2. The van der Waals surface area contributed by atoms with Crippen LogP contribution < -0.4 is 5.56 Å². The number of hydrogen-bond donors (Lipinski definition) is 1. The van der Waals surface area contributed by atoms with Gasteiger partial charge in [0.1, 0.15) is 11.2 Å². The molecule has 2 aliphatic rings. The normalized spacial score (nSPS) is 16.6. The lowest BCUT2D eigenvalue weighted by molar-refractivity contribution is 0.0521. The van der Waals surface area contributed by atoms with Gasteiger partial charge in [-0.15, -0.1) is 0 Å². The molecule has 1 spiro atoms. The first-order chi connectivity index (χ1) is 18.2. The van der Waals surface area contributed by atoms with Crippen LogP contribution in [0.25, 0.3) is 16.6 Å². The third-order valence-electron chi connectivity index (χ3n) is 7.67. The molecule has 0 unspecified atom stereocenters. The summed E-state index contributed by atoms with van der Waals surface area (Å²) in [4.78, 5) is 30.8. The predicted molar refractivity (Wildman–Crippen MR) is 156 cm³/mol. The van der Waals surface area contributed by atoms with Crippen LogP contribution in [0.1, 0.15) is 69.4 Å². The van der Waals surface area contributed by atoms with Crippen molar-refractivity contribution in [3.8, 4) is 5.69 Å². The first-order valence-corrected chi connectivity index (χ1v) is 13.9. The largest absolute Gasteiger partial charge is 0.461 e. The molecule has 0 aliphatic heterocycles. The van der Waals surface area contributed by atoms with E-state index in [4.69, 9.17) is 27.9 Å². The number of H-pyrrole nitrogens is 1. The molecule has 202 valence electrons. The van der Waals surface area contributed by atoms with Gasteiger partial charge in [0.25, 0.3) is 5.56 Å². The standard InChI is InChI=1S/C28H29Cl2N3O3.C2H6/c1-5-12-32(4)17(3)28(15-27(16-28)10-11-27)18-8-7-9-19(13-18)33-14-20(29)21-22(30)24(26(35)36-6-2)31-23(21)25(33)34;1-2/h5,7-9,12-14,31H,3,6,10-11,15-16H2,1-2,4H3;1-2H3/b12-5-;. The average molecular weight is 557 g/mol. The number of aromatic nitrogens is 2. The minimum atomic E-state index is -0.632. The molecule has 8 heteroatoms. The second-order valence-electron chi connectivity index (χ2n) is 9.96. The number of ether oxygens (including phenoxy) is 1. The maximum Gasteiger partial charge on any atom is 0.356 e. The molecule has 3 aromatic rings. The van der Waals surface area contributed by atoms with Crippen LogP contribution in [-0.2, 0) is 10.2 Å². The van der Waals surface area contributed by atoms with Crippen LogP contribution in [0.2, 0.25) is 10.0 Å². The lowest BCUT2D eigenvalue weighted by Gasteiger charge is -2.52. The first-order valence-electron chi connectivity index (χ1n) is 13.1. The summed E-state index contributed by atoms with van der Waals surface area (Å²) in [6, 6.07) is 8.00. The van der Waals surface area contributed by atoms with Crippen molar-refractivity contribution < 1.29 is 9.53 Å². The number of fused-ring (bicyclic) bond motifs is 1. The van der Waals surface area contributed by atoms with E-state index in [1.807, 2.05) is 58.3 Å². The fourth-order valence-corrected chi connectivity index (χ4v) is 6.35. The number of rotatable bonds is 7. The van der Waals surface area contributed by atoms with Crippen molar-refractivity contribution in [1.82, 2.24) is 14.5 Å². The van der Waals surface area contributed by atoms with Gasteiger partial charge in [-0.2, -0.15) is 0 Å². The Labute approximate surface area is 233 Å². The van der Waals surface area contributed by atoms with Crippen molar-refractivity contribution in [2.45, 2.75) is 58.8 Å². The third kappa shape index (κ3) is 4.58. The van der Waals surface area contributed by atoms with Crippen LogP contribution in [0.15, 0.2) is 59.8 Å². The van der Waals surface area contributed by atoms with E-state index in [9.17, 15) is 9.59 Å². The molecule has 2 aromatic heterocycles. The van der Waals surface area contributed by atoms with E-state index < -0.39 is 5.97 Å². The monoisotopic (exact) mass is 555 g/mol. The molecule has 0 amide bonds. The number of nitrogens with one attached hydrogen (secondary N) is 1. The minimum absolute atomic E-state index is 0.0190. The SMILES string of the molecule is C=C(N(C)/C=C\C)C1(c2cccc(-n3cc(Cl)c4c(Cl)c(C(=O)OCC)[nH]c4c3=O)c2)CC2(CC2)C1.CC. The Morgan fingerprint density at radius 3 is 2.55 bits per heavy atom. The molecule has 6 nitrogen and oxygen atoms in total. The molecular weight excluding hydrogens is 521 g/mol. The molecule has 38 heavy (non-hydrogen) atoms. The average Bonchev–Trinajstić information content (AvgIpc) is 3.61. The van der Waals surface area contributed by atoms with Crippen LogP contribution >= 0.6 is 23.2 Å². The summed E-state index contributed by atoms with van der Waals surface area (Å²) in [7, 11) is 2.03. The molecule has 1 aromatic carbocycles. The van der Waals surface area contributed by atoms with E-state index >= 15 is 0 Å². The fourth-order valence-electron chi connectivity index (χ4n) is 5.69. The number of benzene rings is 1. The Balaban J connectivity index is 0.00000164. The van der Waals surface area contributed by atoms with Crippen molar-refractivity contribution in [3.05, 3.63) is 86.7 Å². The second-order valence-corrected chi connectivity index (χ2v) is 10.7. The Bertz CT molecular complexity index is 1470. The van der Waals surface area contributed by atoms with Gasteiger partial charge >= 0.3 is 5.97 Å². The van der Waals surface area contributed by atoms with Gasteiger partial charge in [-0.1, -0.05) is 61.8 Å². The molecule has 2 saturated carbocycles. The Morgan fingerprint density at radius 1 is 1.26 bits per heavy atom. The molecule has 2 fully saturated rings. The number of likely N-dealkylation sites (N-methyl/N-ethyl adjacent to an activating group) is 1. The Morgan fingerprint density at radius 2 is 1.95 bits per heavy atom. The Kier molecular flexibility index (Phi) is 7.87. The molecule has 2 heterocycles. The zero-order valence-electron chi connectivity index (χ0n) is 22.7. The van der Waals surface area contributed by atoms with Gasteiger partial charge in [0, 0.05) is 35.4 Å². The van der Waals surface area contributed by atoms with Crippen LogP contribution in [-0.4, -0.2) is 34.1 Å². The van der Waals surface area contributed by atoms with Gasteiger partial charge in [-0.3, -0.25) is 9.36 Å². The summed E-state index contributed by atoms with van der Waals surface area (Å²) in [6.45, 7) is 12.4. The van der Waals surface area contributed by atoms with Crippen molar-refractivity contribution in [1.29, 1.82) is 0 Å². The van der Waals surface area contributed by atoms with Crippen molar-refractivity contribution >= 4 is 40.1 Å². The van der Waals surface area contributed by atoms with E-state index in [1.54, 1.807) is 13.1 Å². The summed E-state index contributed by atoms with van der Waals surface area (Å²) in [6.07, 6.45) is 10.2. The molecular formula is C30H35Cl2N3O3. The van der Waals surface area contributed by atoms with E-state index in [0.29, 0.717) is 16.5 Å². The number of aromatic amines is 1. The lowest BCUT2D eigenvalue weighted by Crippen LogP contribution is -2.47. The number of carbonyl (C=O) groups excluding carboxylic acids is 1. The zero-order valence-corrected chi connectivity index (χ0v) is 24.2. The van der Waals surface area contributed by atoms with Gasteiger partial charge in [0.05, 0.1) is 16.7 Å². The fraction of sp³-hybridized carbons (Fsp3) is 0.400. The first kappa shape index (κ1) is 28.1. The number of esters is 1. The third-order valence-corrected chi connectivity index (χ3v) is 8.34. The number of pyridine rings is 1. The highest BCUT2D eigenvalue weighted by atomic mass is 35.5. The number of carbonyl (C=O) groups is 1. The van der Waals surface area contributed by atoms with Gasteiger partial charge in [-0.05, 0) is 68.8 Å². The highest BCUT2D eigenvalue weighted by Crippen LogP contribution is 2.71. The number of nitrogens with zero attached hydrogens (tertiary/aromatic N) is 2. The summed E-state index contributed by atoms with van der Waals surface area (Å²) < 4.78 is 6.56. The Hall–Kier alpha value is -2.96. The maximum absolute atomic E-state index is 13.5. The van der Waals surface area contributed by atoms with Crippen LogP contribution in [0.4, 0.5) is 0 Å². The van der Waals surface area contributed by atoms with Crippen molar-refractivity contribution in [2.24, 2.45) is 5.41 Å². The van der Waals surface area contributed by atoms with Crippen molar-refractivity contribution in [3.63, 3.8) is 0 Å². The predicted octanol–water partition coefficient (Wildman–Crippen LogP) is 7.62.